The lowest BCUT2D eigenvalue weighted by molar-refractivity contribution is -0.129. The summed E-state index contributed by atoms with van der Waals surface area (Å²) in [5.74, 6) is 0.108. The Balaban J connectivity index is 2.52. The summed E-state index contributed by atoms with van der Waals surface area (Å²) in [6, 6.07) is 10.1. The number of hydrogen-bond donors (Lipinski definition) is 2. The number of benzene rings is 1. The van der Waals surface area contributed by atoms with Crippen LogP contribution in [-0.2, 0) is 11.2 Å². The molecule has 1 rings (SSSR count). The van der Waals surface area contributed by atoms with Crippen molar-refractivity contribution in [3.05, 3.63) is 35.9 Å². The maximum Gasteiger partial charge on any atom is 0.226 e. The molecule has 0 aliphatic rings. The van der Waals surface area contributed by atoms with Crippen LogP contribution in [0.3, 0.4) is 0 Å². The van der Waals surface area contributed by atoms with E-state index in [4.69, 9.17) is 0 Å². The third kappa shape index (κ3) is 4.57. The summed E-state index contributed by atoms with van der Waals surface area (Å²) in [6.07, 6.45) is 0.763. The highest BCUT2D eigenvalue weighted by Gasteiger charge is 2.27. The van der Waals surface area contributed by atoms with E-state index < -0.39 is 0 Å². The molecule has 3 nitrogen and oxygen atoms in total. The highest BCUT2D eigenvalue weighted by atomic mass is 16.2. The smallest absolute Gasteiger partial charge is 0.226 e. The van der Waals surface area contributed by atoms with Gasteiger partial charge < -0.3 is 10.6 Å². The van der Waals surface area contributed by atoms with Crippen LogP contribution in [0.4, 0.5) is 0 Å². The standard InChI is InChI=1S/C14H22N2O/c1-14(2,13(17)16-10-9-15-3)11-12-7-5-4-6-8-12/h4-8,15H,9-11H2,1-3H3,(H,16,17). The van der Waals surface area contributed by atoms with Crippen LogP contribution < -0.4 is 10.6 Å². The zero-order chi connectivity index (χ0) is 12.7. The van der Waals surface area contributed by atoms with E-state index in [1.807, 2.05) is 39.1 Å². The third-order valence-electron chi connectivity index (χ3n) is 2.76. The zero-order valence-corrected chi connectivity index (χ0v) is 10.9. The van der Waals surface area contributed by atoms with Crippen molar-refractivity contribution in [3.63, 3.8) is 0 Å². The van der Waals surface area contributed by atoms with Crippen molar-refractivity contribution in [2.24, 2.45) is 5.41 Å². The fraction of sp³-hybridized carbons (Fsp3) is 0.500. The van der Waals surface area contributed by atoms with Crippen molar-refractivity contribution in [2.45, 2.75) is 20.3 Å². The first-order valence-electron chi connectivity index (χ1n) is 6.03. The number of likely N-dealkylation sites (N-methyl/N-ethyl adjacent to an activating group) is 1. The summed E-state index contributed by atoms with van der Waals surface area (Å²) in [7, 11) is 1.88. The van der Waals surface area contributed by atoms with Crippen LogP contribution in [0.15, 0.2) is 30.3 Å². The Morgan fingerprint density at radius 1 is 1.18 bits per heavy atom. The first kappa shape index (κ1) is 13.7. The van der Waals surface area contributed by atoms with E-state index in [9.17, 15) is 4.79 Å². The van der Waals surface area contributed by atoms with Crippen molar-refractivity contribution in [1.29, 1.82) is 0 Å². The molecule has 1 aromatic rings. The minimum atomic E-state index is -0.366. The van der Waals surface area contributed by atoms with Gasteiger partial charge in [-0.15, -0.1) is 0 Å². The van der Waals surface area contributed by atoms with E-state index in [0.717, 1.165) is 13.0 Å². The molecule has 0 saturated heterocycles. The van der Waals surface area contributed by atoms with E-state index in [1.54, 1.807) is 0 Å². The molecule has 0 saturated carbocycles. The van der Waals surface area contributed by atoms with Crippen LogP contribution in [0.2, 0.25) is 0 Å². The molecule has 17 heavy (non-hydrogen) atoms. The Morgan fingerprint density at radius 3 is 2.41 bits per heavy atom. The second-order valence-electron chi connectivity index (χ2n) is 4.91. The maximum absolute atomic E-state index is 12.0. The van der Waals surface area contributed by atoms with E-state index in [2.05, 4.69) is 22.8 Å². The molecular formula is C14H22N2O. The Bertz CT molecular complexity index is 346. The van der Waals surface area contributed by atoms with E-state index in [-0.39, 0.29) is 11.3 Å². The van der Waals surface area contributed by atoms with Gasteiger partial charge in [0.15, 0.2) is 0 Å². The topological polar surface area (TPSA) is 41.1 Å². The van der Waals surface area contributed by atoms with Gasteiger partial charge in [0.2, 0.25) is 5.91 Å². The van der Waals surface area contributed by atoms with E-state index >= 15 is 0 Å². The number of rotatable bonds is 6. The molecular weight excluding hydrogens is 212 g/mol. The van der Waals surface area contributed by atoms with Crippen molar-refractivity contribution in [1.82, 2.24) is 10.6 Å². The predicted molar refractivity (Wildman–Crippen MR) is 70.9 cm³/mol. The van der Waals surface area contributed by atoms with E-state index in [0.29, 0.717) is 6.54 Å². The van der Waals surface area contributed by atoms with E-state index in [1.165, 1.54) is 5.56 Å². The molecule has 0 heterocycles. The van der Waals surface area contributed by atoms with Crippen LogP contribution in [0.25, 0.3) is 0 Å². The molecule has 0 bridgehead atoms. The van der Waals surface area contributed by atoms with Gasteiger partial charge in [-0.2, -0.15) is 0 Å². The number of carbonyl (C=O) groups excluding carboxylic acids is 1. The largest absolute Gasteiger partial charge is 0.354 e. The minimum Gasteiger partial charge on any atom is -0.354 e. The van der Waals surface area contributed by atoms with Crippen LogP contribution in [0.1, 0.15) is 19.4 Å². The summed E-state index contributed by atoms with van der Waals surface area (Å²) < 4.78 is 0. The Hall–Kier alpha value is -1.35. The molecule has 1 aromatic carbocycles. The highest BCUT2D eigenvalue weighted by molar-refractivity contribution is 5.82. The molecule has 3 heteroatoms. The average molecular weight is 234 g/mol. The normalized spacial score (nSPS) is 11.2. The van der Waals surface area contributed by atoms with Crippen LogP contribution in [-0.4, -0.2) is 26.0 Å². The summed E-state index contributed by atoms with van der Waals surface area (Å²) in [4.78, 5) is 12.0. The Morgan fingerprint density at radius 2 is 1.82 bits per heavy atom. The van der Waals surface area contributed by atoms with Crippen molar-refractivity contribution in [3.8, 4) is 0 Å². The lowest BCUT2D eigenvalue weighted by Gasteiger charge is -2.23. The first-order chi connectivity index (χ1) is 8.06. The average Bonchev–Trinajstić information content (AvgIpc) is 2.30. The van der Waals surface area contributed by atoms with Gasteiger partial charge in [-0.05, 0) is 19.0 Å². The molecule has 0 radical (unpaired) electrons. The first-order valence-corrected chi connectivity index (χ1v) is 6.03. The molecule has 0 aliphatic heterocycles. The lowest BCUT2D eigenvalue weighted by atomic mass is 9.85. The molecule has 1 amide bonds. The zero-order valence-electron chi connectivity index (χ0n) is 10.9. The number of amides is 1. The summed E-state index contributed by atoms with van der Waals surface area (Å²) >= 11 is 0. The van der Waals surface area contributed by atoms with Crippen molar-refractivity contribution in [2.75, 3.05) is 20.1 Å². The lowest BCUT2D eigenvalue weighted by Crippen LogP contribution is -2.40. The summed E-state index contributed by atoms with van der Waals surface area (Å²) in [5.41, 5.74) is 0.830. The molecule has 0 fully saturated rings. The van der Waals surface area contributed by atoms with Gasteiger partial charge in [-0.3, -0.25) is 4.79 Å². The SMILES string of the molecule is CNCCNC(=O)C(C)(C)Cc1ccccc1. The summed E-state index contributed by atoms with van der Waals surface area (Å²) in [5, 5.41) is 5.95. The predicted octanol–water partition coefficient (Wildman–Crippen LogP) is 1.59. The third-order valence-corrected chi connectivity index (χ3v) is 2.76. The van der Waals surface area contributed by atoms with Crippen LogP contribution >= 0.6 is 0 Å². The monoisotopic (exact) mass is 234 g/mol. The number of carbonyl (C=O) groups is 1. The van der Waals surface area contributed by atoms with Gasteiger partial charge in [0, 0.05) is 18.5 Å². The van der Waals surface area contributed by atoms with Crippen LogP contribution in [0.5, 0.6) is 0 Å². The van der Waals surface area contributed by atoms with Gasteiger partial charge in [0.05, 0.1) is 0 Å². The maximum atomic E-state index is 12.0. The molecule has 0 unspecified atom stereocenters. The van der Waals surface area contributed by atoms with Crippen molar-refractivity contribution >= 4 is 5.91 Å². The fourth-order valence-corrected chi connectivity index (χ4v) is 1.73. The second kappa shape index (κ2) is 6.40. The molecule has 2 N–H and O–H groups in total. The number of hydrogen-bond acceptors (Lipinski definition) is 2. The van der Waals surface area contributed by atoms with Gasteiger partial charge in [-0.1, -0.05) is 44.2 Å². The minimum absolute atomic E-state index is 0.108. The number of nitrogens with one attached hydrogen (secondary N) is 2. The highest BCUT2D eigenvalue weighted by Crippen LogP contribution is 2.21. The second-order valence-corrected chi connectivity index (χ2v) is 4.91. The Kier molecular flexibility index (Phi) is 5.16. The van der Waals surface area contributed by atoms with Gasteiger partial charge in [-0.25, -0.2) is 0 Å². The fourth-order valence-electron chi connectivity index (χ4n) is 1.73. The molecule has 0 aromatic heterocycles. The van der Waals surface area contributed by atoms with Crippen molar-refractivity contribution < 1.29 is 4.79 Å². The summed E-state index contributed by atoms with van der Waals surface area (Å²) in [6.45, 7) is 5.43. The van der Waals surface area contributed by atoms with Gasteiger partial charge in [0.25, 0.3) is 0 Å². The van der Waals surface area contributed by atoms with Gasteiger partial charge >= 0.3 is 0 Å². The molecule has 94 valence electrons. The molecule has 0 atom stereocenters. The van der Waals surface area contributed by atoms with Crippen LogP contribution in [0, 0.1) is 5.41 Å². The molecule has 0 spiro atoms. The molecule has 0 aliphatic carbocycles. The Labute approximate surface area is 104 Å². The van der Waals surface area contributed by atoms with Gasteiger partial charge in [0.1, 0.15) is 0 Å². The quantitative estimate of drug-likeness (QED) is 0.734.